The molecule has 1 N–H and O–H groups in total. The van der Waals surface area contributed by atoms with E-state index in [1.807, 2.05) is 44.2 Å². The van der Waals surface area contributed by atoms with Gasteiger partial charge in [-0.05, 0) is 61.4 Å². The number of benzene rings is 2. The summed E-state index contributed by atoms with van der Waals surface area (Å²) in [7, 11) is -3.65. The van der Waals surface area contributed by atoms with Gasteiger partial charge in [-0.25, -0.2) is 13.4 Å². The van der Waals surface area contributed by atoms with Gasteiger partial charge < -0.3 is 5.32 Å². The summed E-state index contributed by atoms with van der Waals surface area (Å²) in [6, 6.07) is 16.3. The number of carbonyl (C=O) groups is 1. The van der Waals surface area contributed by atoms with Crippen LogP contribution in [0.1, 0.15) is 35.3 Å². The standard InChI is InChI=1S/C24H27N3O3S2/c1-5-27(6-2)32(29,30)20-15-17(3)18(4)22(16-20)26-23(28)21-13-10-14-25-24(21)31-19-11-8-7-9-12-19/h7-16H,5-6H2,1-4H3,(H,26,28). The van der Waals surface area contributed by atoms with E-state index in [9.17, 15) is 13.2 Å². The number of anilines is 1. The molecule has 0 radical (unpaired) electrons. The Morgan fingerprint density at radius 1 is 1.03 bits per heavy atom. The van der Waals surface area contributed by atoms with Crippen LogP contribution in [0.3, 0.4) is 0 Å². The van der Waals surface area contributed by atoms with Gasteiger partial charge in [0, 0.05) is 29.9 Å². The van der Waals surface area contributed by atoms with E-state index < -0.39 is 10.0 Å². The number of sulfonamides is 1. The average Bonchev–Trinajstić information content (AvgIpc) is 2.78. The maximum atomic E-state index is 13.2. The van der Waals surface area contributed by atoms with Crippen molar-refractivity contribution in [1.82, 2.24) is 9.29 Å². The molecule has 6 nitrogen and oxygen atoms in total. The van der Waals surface area contributed by atoms with Crippen molar-refractivity contribution < 1.29 is 13.2 Å². The summed E-state index contributed by atoms with van der Waals surface area (Å²) in [5.74, 6) is -0.337. The van der Waals surface area contributed by atoms with Gasteiger partial charge in [0.05, 0.1) is 10.5 Å². The van der Waals surface area contributed by atoms with Gasteiger partial charge in [-0.15, -0.1) is 0 Å². The molecule has 0 aliphatic carbocycles. The number of carbonyl (C=O) groups excluding carboxylic acids is 1. The highest BCUT2D eigenvalue weighted by molar-refractivity contribution is 7.99. The van der Waals surface area contributed by atoms with Crippen LogP contribution in [-0.2, 0) is 10.0 Å². The zero-order valence-electron chi connectivity index (χ0n) is 18.6. The zero-order valence-corrected chi connectivity index (χ0v) is 20.3. The molecule has 3 aromatic rings. The lowest BCUT2D eigenvalue weighted by Gasteiger charge is -2.20. The lowest BCUT2D eigenvalue weighted by Crippen LogP contribution is -2.30. The molecule has 8 heteroatoms. The number of nitrogens with zero attached hydrogens (tertiary/aromatic N) is 2. The largest absolute Gasteiger partial charge is 0.322 e. The monoisotopic (exact) mass is 469 g/mol. The molecular formula is C24H27N3O3S2. The molecule has 0 saturated heterocycles. The van der Waals surface area contributed by atoms with Crippen LogP contribution in [0.4, 0.5) is 5.69 Å². The first kappa shape index (κ1) is 24.0. The van der Waals surface area contributed by atoms with Gasteiger partial charge >= 0.3 is 0 Å². The molecule has 1 aromatic heterocycles. The molecule has 0 aliphatic rings. The molecule has 0 aliphatic heterocycles. The molecule has 0 spiro atoms. The second kappa shape index (κ2) is 10.3. The van der Waals surface area contributed by atoms with Crippen LogP contribution in [0.2, 0.25) is 0 Å². The van der Waals surface area contributed by atoms with Gasteiger partial charge in [0.1, 0.15) is 5.03 Å². The van der Waals surface area contributed by atoms with E-state index in [-0.39, 0.29) is 10.8 Å². The summed E-state index contributed by atoms with van der Waals surface area (Å²) >= 11 is 1.40. The number of rotatable bonds is 8. The predicted molar refractivity (Wildman–Crippen MR) is 129 cm³/mol. The molecule has 0 bridgehead atoms. The second-order valence-corrected chi connectivity index (χ2v) is 10.2. The Morgan fingerprint density at radius 3 is 2.38 bits per heavy atom. The lowest BCUT2D eigenvalue weighted by atomic mass is 10.1. The third-order valence-electron chi connectivity index (χ3n) is 5.21. The van der Waals surface area contributed by atoms with Gasteiger partial charge in [0.25, 0.3) is 5.91 Å². The van der Waals surface area contributed by atoms with E-state index in [1.165, 1.54) is 22.1 Å². The van der Waals surface area contributed by atoms with E-state index in [0.717, 1.165) is 16.0 Å². The molecule has 0 fully saturated rings. The Balaban J connectivity index is 1.95. The van der Waals surface area contributed by atoms with Gasteiger partial charge in [0.2, 0.25) is 10.0 Å². The highest BCUT2D eigenvalue weighted by Crippen LogP contribution is 2.30. The summed E-state index contributed by atoms with van der Waals surface area (Å²) in [6.45, 7) is 8.07. The zero-order chi connectivity index (χ0) is 23.3. The van der Waals surface area contributed by atoms with E-state index in [0.29, 0.717) is 29.4 Å². The molecule has 32 heavy (non-hydrogen) atoms. The quantitative estimate of drug-likeness (QED) is 0.495. The maximum absolute atomic E-state index is 13.2. The summed E-state index contributed by atoms with van der Waals surface area (Å²) < 4.78 is 27.4. The molecule has 0 saturated carbocycles. The minimum absolute atomic E-state index is 0.171. The number of aromatic nitrogens is 1. The van der Waals surface area contributed by atoms with Gasteiger partial charge in [-0.1, -0.05) is 43.8 Å². The molecule has 1 amide bonds. The van der Waals surface area contributed by atoms with Crippen molar-refractivity contribution in [3.05, 3.63) is 77.5 Å². The minimum Gasteiger partial charge on any atom is -0.322 e. The molecule has 1 heterocycles. The fourth-order valence-electron chi connectivity index (χ4n) is 3.25. The van der Waals surface area contributed by atoms with Crippen LogP contribution in [-0.4, -0.2) is 36.7 Å². The van der Waals surface area contributed by atoms with Crippen LogP contribution >= 0.6 is 11.8 Å². The van der Waals surface area contributed by atoms with Crippen molar-refractivity contribution in [3.8, 4) is 0 Å². The Morgan fingerprint density at radius 2 is 1.72 bits per heavy atom. The molecule has 3 rings (SSSR count). The Labute approximate surface area is 194 Å². The van der Waals surface area contributed by atoms with Crippen molar-refractivity contribution in [1.29, 1.82) is 0 Å². The Kier molecular flexibility index (Phi) is 7.71. The second-order valence-electron chi connectivity index (χ2n) is 7.23. The molecule has 168 valence electrons. The smallest absolute Gasteiger partial charge is 0.258 e. The minimum atomic E-state index is -3.65. The van der Waals surface area contributed by atoms with Gasteiger partial charge in [0.15, 0.2) is 0 Å². The predicted octanol–water partition coefficient (Wildman–Crippen LogP) is 5.13. The number of hydrogen-bond acceptors (Lipinski definition) is 5. The van der Waals surface area contributed by atoms with Crippen LogP contribution in [0, 0.1) is 13.8 Å². The van der Waals surface area contributed by atoms with Crippen molar-refractivity contribution in [3.63, 3.8) is 0 Å². The summed E-state index contributed by atoms with van der Waals surface area (Å²) in [6.07, 6.45) is 1.65. The maximum Gasteiger partial charge on any atom is 0.258 e. The first-order valence-electron chi connectivity index (χ1n) is 10.4. The number of hydrogen-bond donors (Lipinski definition) is 1. The summed E-state index contributed by atoms with van der Waals surface area (Å²) in [5, 5.41) is 3.49. The highest BCUT2D eigenvalue weighted by Gasteiger charge is 2.24. The van der Waals surface area contributed by atoms with E-state index in [4.69, 9.17) is 0 Å². The normalized spacial score (nSPS) is 11.5. The van der Waals surface area contributed by atoms with Crippen molar-refractivity contribution >= 4 is 33.4 Å². The number of pyridine rings is 1. The highest BCUT2D eigenvalue weighted by atomic mass is 32.2. The van der Waals surface area contributed by atoms with Crippen molar-refractivity contribution in [2.45, 2.75) is 42.5 Å². The van der Waals surface area contributed by atoms with Crippen LogP contribution in [0.15, 0.2) is 75.6 Å². The molecule has 0 atom stereocenters. The topological polar surface area (TPSA) is 79.4 Å². The summed E-state index contributed by atoms with van der Waals surface area (Å²) in [4.78, 5) is 18.7. The lowest BCUT2D eigenvalue weighted by molar-refractivity contribution is 0.102. The average molecular weight is 470 g/mol. The Hall–Kier alpha value is -2.68. The fraction of sp³-hybridized carbons (Fsp3) is 0.250. The van der Waals surface area contributed by atoms with E-state index in [1.54, 1.807) is 38.2 Å². The van der Waals surface area contributed by atoms with Crippen LogP contribution < -0.4 is 5.32 Å². The third-order valence-corrected chi connectivity index (χ3v) is 8.26. The molecular weight excluding hydrogens is 442 g/mol. The third kappa shape index (κ3) is 5.20. The number of amides is 1. The first-order chi connectivity index (χ1) is 15.3. The number of aryl methyl sites for hydroxylation is 1. The Bertz CT molecular complexity index is 1210. The van der Waals surface area contributed by atoms with E-state index in [2.05, 4.69) is 10.3 Å². The van der Waals surface area contributed by atoms with Gasteiger partial charge in [-0.2, -0.15) is 4.31 Å². The SMILES string of the molecule is CCN(CC)S(=O)(=O)c1cc(C)c(C)c(NC(=O)c2cccnc2Sc2ccccc2)c1. The van der Waals surface area contributed by atoms with Crippen molar-refractivity contribution in [2.75, 3.05) is 18.4 Å². The molecule has 0 unspecified atom stereocenters. The van der Waals surface area contributed by atoms with Crippen molar-refractivity contribution in [2.24, 2.45) is 0 Å². The van der Waals surface area contributed by atoms with Crippen LogP contribution in [0.25, 0.3) is 0 Å². The van der Waals surface area contributed by atoms with Crippen LogP contribution in [0.5, 0.6) is 0 Å². The first-order valence-corrected chi connectivity index (χ1v) is 12.6. The molecule has 2 aromatic carbocycles. The van der Waals surface area contributed by atoms with Gasteiger partial charge in [-0.3, -0.25) is 4.79 Å². The fourth-order valence-corrected chi connectivity index (χ4v) is 5.72. The summed E-state index contributed by atoms with van der Waals surface area (Å²) in [5.41, 5.74) is 2.51. The van der Waals surface area contributed by atoms with E-state index >= 15 is 0 Å². The number of nitrogens with one attached hydrogen (secondary N) is 1.